The van der Waals surface area contributed by atoms with Crippen molar-refractivity contribution < 1.29 is 4.74 Å². The first-order valence-electron chi connectivity index (χ1n) is 9.66. The summed E-state index contributed by atoms with van der Waals surface area (Å²) in [5, 5.41) is 0. The molecule has 0 spiro atoms. The summed E-state index contributed by atoms with van der Waals surface area (Å²) in [4.78, 5) is 4.50. The minimum atomic E-state index is 0.0976. The van der Waals surface area contributed by atoms with E-state index in [1.807, 2.05) is 18.5 Å². The minimum absolute atomic E-state index is 0.0976. The number of benzene rings is 2. The number of imidazole rings is 1. The zero-order valence-corrected chi connectivity index (χ0v) is 15.8. The fourth-order valence-electron chi connectivity index (χ4n) is 3.16. The van der Waals surface area contributed by atoms with Crippen LogP contribution in [0.15, 0.2) is 67.0 Å². The Bertz CT molecular complexity index is 777. The second-order valence-corrected chi connectivity index (χ2v) is 6.62. The third-order valence-corrected chi connectivity index (χ3v) is 4.59. The zero-order chi connectivity index (χ0) is 18.2. The molecule has 1 aromatic heterocycles. The topological polar surface area (TPSA) is 27.1 Å². The number of aryl methyl sites for hydroxylation is 1. The molecule has 136 valence electrons. The minimum Gasteiger partial charge on any atom is -0.486 e. The van der Waals surface area contributed by atoms with E-state index in [0.29, 0.717) is 0 Å². The highest BCUT2D eigenvalue weighted by Gasteiger charge is 2.12. The van der Waals surface area contributed by atoms with Crippen molar-refractivity contribution in [3.63, 3.8) is 0 Å². The molecular formula is C23H28N2O. The SMILES string of the molecule is CCCCc1nccn1-c1ccc(OC(CCC)c2ccccc2)cc1. The Labute approximate surface area is 156 Å². The Morgan fingerprint density at radius 3 is 2.42 bits per heavy atom. The molecule has 2 aromatic carbocycles. The summed E-state index contributed by atoms with van der Waals surface area (Å²) in [6.45, 7) is 4.40. The molecule has 0 aliphatic heterocycles. The normalized spacial score (nSPS) is 12.1. The van der Waals surface area contributed by atoms with Gasteiger partial charge in [0.05, 0.1) is 0 Å². The van der Waals surface area contributed by atoms with Gasteiger partial charge in [0.2, 0.25) is 0 Å². The molecular weight excluding hydrogens is 320 g/mol. The van der Waals surface area contributed by atoms with E-state index < -0.39 is 0 Å². The lowest BCUT2D eigenvalue weighted by Crippen LogP contribution is -2.07. The molecule has 3 aromatic rings. The fourth-order valence-corrected chi connectivity index (χ4v) is 3.16. The number of nitrogens with zero attached hydrogens (tertiary/aromatic N) is 2. The molecule has 0 saturated carbocycles. The second kappa shape index (κ2) is 9.23. The van der Waals surface area contributed by atoms with E-state index in [1.54, 1.807) is 0 Å². The maximum Gasteiger partial charge on any atom is 0.124 e. The van der Waals surface area contributed by atoms with Crippen molar-refractivity contribution in [3.8, 4) is 11.4 Å². The van der Waals surface area contributed by atoms with Crippen LogP contribution in [0, 0.1) is 0 Å². The van der Waals surface area contributed by atoms with Crippen LogP contribution >= 0.6 is 0 Å². The highest BCUT2D eigenvalue weighted by atomic mass is 16.5. The molecule has 1 atom stereocenters. The highest BCUT2D eigenvalue weighted by molar-refractivity contribution is 5.38. The molecule has 1 unspecified atom stereocenters. The number of ether oxygens (including phenoxy) is 1. The predicted octanol–water partition coefficient (Wildman–Crippen LogP) is 6.14. The Hall–Kier alpha value is -2.55. The van der Waals surface area contributed by atoms with E-state index in [2.05, 4.69) is 71.9 Å². The van der Waals surface area contributed by atoms with Crippen molar-refractivity contribution in [1.82, 2.24) is 9.55 Å². The maximum absolute atomic E-state index is 6.28. The maximum atomic E-state index is 6.28. The molecule has 0 saturated heterocycles. The van der Waals surface area contributed by atoms with Gasteiger partial charge in [-0.15, -0.1) is 0 Å². The molecule has 3 heteroatoms. The van der Waals surface area contributed by atoms with Crippen LogP contribution in [-0.2, 0) is 6.42 Å². The third-order valence-electron chi connectivity index (χ3n) is 4.59. The molecule has 0 aliphatic carbocycles. The number of hydrogen-bond acceptors (Lipinski definition) is 2. The Morgan fingerprint density at radius 2 is 1.73 bits per heavy atom. The third kappa shape index (κ3) is 4.54. The summed E-state index contributed by atoms with van der Waals surface area (Å²) < 4.78 is 8.45. The van der Waals surface area contributed by atoms with Crippen molar-refractivity contribution >= 4 is 0 Å². The first-order chi connectivity index (χ1) is 12.8. The fraction of sp³-hybridized carbons (Fsp3) is 0.348. The van der Waals surface area contributed by atoms with Gasteiger partial charge in [0.15, 0.2) is 0 Å². The van der Waals surface area contributed by atoms with Crippen molar-refractivity contribution in [3.05, 3.63) is 78.4 Å². The van der Waals surface area contributed by atoms with Gasteiger partial charge >= 0.3 is 0 Å². The van der Waals surface area contributed by atoms with Crippen LogP contribution < -0.4 is 4.74 Å². The standard InChI is InChI=1S/C23H28N2O/c1-3-5-12-23-24-17-18-25(23)20-13-15-21(16-14-20)26-22(9-4-2)19-10-7-6-8-11-19/h6-8,10-11,13-18,22H,3-5,9,12H2,1-2H3. The van der Waals surface area contributed by atoms with Crippen LogP contribution in [0.2, 0.25) is 0 Å². The first kappa shape index (κ1) is 18.2. The predicted molar refractivity (Wildman–Crippen MR) is 107 cm³/mol. The molecule has 26 heavy (non-hydrogen) atoms. The summed E-state index contributed by atoms with van der Waals surface area (Å²) in [7, 11) is 0. The molecule has 0 N–H and O–H groups in total. The van der Waals surface area contributed by atoms with E-state index in [4.69, 9.17) is 4.74 Å². The van der Waals surface area contributed by atoms with Crippen LogP contribution in [0.1, 0.15) is 57.0 Å². The summed E-state index contributed by atoms with van der Waals surface area (Å²) in [5.74, 6) is 2.03. The molecule has 0 fully saturated rings. The lowest BCUT2D eigenvalue weighted by Gasteiger charge is -2.19. The lowest BCUT2D eigenvalue weighted by molar-refractivity contribution is 0.194. The number of rotatable bonds is 9. The smallest absolute Gasteiger partial charge is 0.124 e. The summed E-state index contributed by atoms with van der Waals surface area (Å²) in [6, 6.07) is 18.8. The van der Waals surface area contributed by atoms with Crippen molar-refractivity contribution in [1.29, 1.82) is 0 Å². The van der Waals surface area contributed by atoms with Crippen LogP contribution in [0.25, 0.3) is 5.69 Å². The Morgan fingerprint density at radius 1 is 0.962 bits per heavy atom. The van der Waals surface area contributed by atoms with Gasteiger partial charge in [-0.2, -0.15) is 0 Å². The Kier molecular flexibility index (Phi) is 6.48. The lowest BCUT2D eigenvalue weighted by atomic mass is 10.1. The van der Waals surface area contributed by atoms with Gasteiger partial charge in [-0.1, -0.05) is 57.0 Å². The van der Waals surface area contributed by atoms with E-state index in [9.17, 15) is 0 Å². The summed E-state index contributed by atoms with van der Waals surface area (Å²) in [6.07, 6.45) is 9.45. The van der Waals surface area contributed by atoms with Gasteiger partial charge in [0.1, 0.15) is 17.7 Å². The van der Waals surface area contributed by atoms with Crippen molar-refractivity contribution in [2.24, 2.45) is 0 Å². The van der Waals surface area contributed by atoms with Crippen LogP contribution in [0.3, 0.4) is 0 Å². The van der Waals surface area contributed by atoms with E-state index in [0.717, 1.165) is 42.9 Å². The van der Waals surface area contributed by atoms with Gasteiger partial charge in [-0.3, -0.25) is 0 Å². The van der Waals surface area contributed by atoms with Gasteiger partial charge < -0.3 is 9.30 Å². The van der Waals surface area contributed by atoms with Crippen LogP contribution in [0.4, 0.5) is 0 Å². The van der Waals surface area contributed by atoms with E-state index >= 15 is 0 Å². The number of aromatic nitrogens is 2. The molecule has 0 radical (unpaired) electrons. The summed E-state index contributed by atoms with van der Waals surface area (Å²) in [5.41, 5.74) is 2.36. The molecule has 0 amide bonds. The molecule has 3 rings (SSSR count). The van der Waals surface area contributed by atoms with Crippen LogP contribution in [0.5, 0.6) is 5.75 Å². The molecule has 3 nitrogen and oxygen atoms in total. The van der Waals surface area contributed by atoms with E-state index in [1.165, 1.54) is 12.0 Å². The number of unbranched alkanes of at least 4 members (excludes halogenated alkanes) is 1. The van der Waals surface area contributed by atoms with Crippen molar-refractivity contribution in [2.45, 2.75) is 52.1 Å². The largest absolute Gasteiger partial charge is 0.486 e. The van der Waals surface area contributed by atoms with Gasteiger partial charge in [0.25, 0.3) is 0 Å². The average molecular weight is 348 g/mol. The Balaban J connectivity index is 1.74. The molecule has 1 heterocycles. The van der Waals surface area contributed by atoms with Gasteiger partial charge in [0, 0.05) is 24.5 Å². The molecule has 0 aliphatic rings. The zero-order valence-electron chi connectivity index (χ0n) is 15.8. The van der Waals surface area contributed by atoms with Gasteiger partial charge in [-0.25, -0.2) is 4.98 Å². The van der Waals surface area contributed by atoms with E-state index in [-0.39, 0.29) is 6.10 Å². The highest BCUT2D eigenvalue weighted by Crippen LogP contribution is 2.27. The first-order valence-corrected chi connectivity index (χ1v) is 9.66. The van der Waals surface area contributed by atoms with Crippen LogP contribution in [-0.4, -0.2) is 9.55 Å². The molecule has 0 bridgehead atoms. The number of hydrogen-bond donors (Lipinski definition) is 0. The summed E-state index contributed by atoms with van der Waals surface area (Å²) >= 11 is 0. The van der Waals surface area contributed by atoms with Gasteiger partial charge in [-0.05, 0) is 42.7 Å². The average Bonchev–Trinajstić information content (AvgIpc) is 3.16. The monoisotopic (exact) mass is 348 g/mol. The quantitative estimate of drug-likeness (QED) is 0.465. The van der Waals surface area contributed by atoms with Crippen molar-refractivity contribution in [2.75, 3.05) is 0 Å². The second-order valence-electron chi connectivity index (χ2n) is 6.62.